The molecule has 2 aromatic carbocycles. The molecule has 0 radical (unpaired) electrons. The maximum Gasteiger partial charge on any atom is 0.269 e. The molecule has 1 aliphatic rings. The van der Waals surface area contributed by atoms with E-state index in [0.717, 1.165) is 10.6 Å². The van der Waals surface area contributed by atoms with Crippen LogP contribution in [-0.2, 0) is 6.42 Å². The highest BCUT2D eigenvalue weighted by atomic mass is 32.1. The van der Waals surface area contributed by atoms with E-state index in [1.165, 1.54) is 41.7 Å². The lowest BCUT2D eigenvalue weighted by molar-refractivity contribution is -0.384. The van der Waals surface area contributed by atoms with Crippen LogP contribution in [0.4, 0.5) is 21.5 Å². The number of hydrogen-bond donors (Lipinski definition) is 1. The molecule has 2 heterocycles. The number of thiophene rings is 1. The van der Waals surface area contributed by atoms with Gasteiger partial charge in [0.25, 0.3) is 5.69 Å². The third kappa shape index (κ3) is 3.59. The quantitative estimate of drug-likeness (QED) is 0.485. The summed E-state index contributed by atoms with van der Waals surface area (Å²) in [6, 6.07) is 12.0. The molecule has 1 aromatic heterocycles. The van der Waals surface area contributed by atoms with Gasteiger partial charge in [0.2, 0.25) is 0 Å². The Hall–Kier alpha value is -3.26. The van der Waals surface area contributed by atoms with Crippen molar-refractivity contribution in [3.8, 4) is 5.75 Å². The van der Waals surface area contributed by atoms with Crippen molar-refractivity contribution in [1.82, 2.24) is 0 Å². The lowest BCUT2D eigenvalue weighted by Crippen LogP contribution is -2.29. The number of nitrogens with one attached hydrogen (secondary N) is 1. The number of anilines is 2. The van der Waals surface area contributed by atoms with Gasteiger partial charge in [0.05, 0.1) is 28.7 Å². The monoisotopic (exact) mass is 398 g/mol. The number of fused-ring (bicyclic) bond motifs is 1. The fourth-order valence-electron chi connectivity index (χ4n) is 3.11. The Balaban J connectivity index is 1.50. The minimum atomic E-state index is -0.465. The van der Waals surface area contributed by atoms with E-state index < -0.39 is 16.7 Å². The van der Waals surface area contributed by atoms with Crippen LogP contribution in [0.15, 0.2) is 53.9 Å². The van der Waals surface area contributed by atoms with Crippen LogP contribution >= 0.6 is 11.3 Å². The minimum absolute atomic E-state index is 0.0203. The van der Waals surface area contributed by atoms with Gasteiger partial charge in [-0.2, -0.15) is 0 Å². The fourth-order valence-corrected chi connectivity index (χ4v) is 4.03. The molecule has 28 heavy (non-hydrogen) atoms. The number of carbonyl (C=O) groups excluding carboxylic acids is 1. The van der Waals surface area contributed by atoms with Gasteiger partial charge in [-0.05, 0) is 48.2 Å². The van der Waals surface area contributed by atoms with E-state index in [1.54, 1.807) is 12.1 Å². The van der Waals surface area contributed by atoms with Crippen molar-refractivity contribution in [1.29, 1.82) is 0 Å². The second kappa shape index (κ2) is 7.40. The van der Waals surface area contributed by atoms with Gasteiger partial charge in [-0.3, -0.25) is 14.9 Å². The second-order valence-corrected chi connectivity index (χ2v) is 7.40. The summed E-state index contributed by atoms with van der Waals surface area (Å²) in [6.45, 7) is 0.242. The molecule has 3 aromatic rings. The number of nitro groups is 1. The minimum Gasteiger partial charge on any atom is -0.492 e. The van der Waals surface area contributed by atoms with Gasteiger partial charge in [0.1, 0.15) is 11.6 Å². The predicted molar refractivity (Wildman–Crippen MR) is 104 cm³/mol. The van der Waals surface area contributed by atoms with Crippen LogP contribution in [0.1, 0.15) is 15.2 Å². The fraction of sp³-hybridized carbons (Fsp3) is 0.150. The topological polar surface area (TPSA) is 81.5 Å². The van der Waals surface area contributed by atoms with Gasteiger partial charge >= 0.3 is 0 Å². The molecule has 1 unspecified atom stereocenters. The number of ether oxygens (including phenoxy) is 1. The number of halogens is 1. The van der Waals surface area contributed by atoms with E-state index in [4.69, 9.17) is 4.74 Å². The molecule has 1 N–H and O–H groups in total. The third-order valence-electron chi connectivity index (χ3n) is 4.55. The van der Waals surface area contributed by atoms with E-state index in [2.05, 4.69) is 5.32 Å². The normalized spacial score (nSPS) is 15.6. The zero-order chi connectivity index (χ0) is 19.7. The molecule has 0 amide bonds. The lowest BCUT2D eigenvalue weighted by Gasteiger charge is -2.24. The summed E-state index contributed by atoms with van der Waals surface area (Å²) < 4.78 is 19.1. The first-order chi connectivity index (χ1) is 13.5. The zero-order valence-corrected chi connectivity index (χ0v) is 15.4. The van der Waals surface area contributed by atoms with Crippen LogP contribution < -0.4 is 10.1 Å². The van der Waals surface area contributed by atoms with Gasteiger partial charge in [0, 0.05) is 22.7 Å². The molecule has 0 spiro atoms. The first kappa shape index (κ1) is 18.1. The number of nitrogens with zero attached hydrogens (tertiary/aromatic N) is 1. The van der Waals surface area contributed by atoms with Crippen molar-refractivity contribution >= 4 is 34.2 Å². The van der Waals surface area contributed by atoms with Crippen molar-refractivity contribution in [2.75, 3.05) is 11.9 Å². The Morgan fingerprint density at radius 2 is 2.00 bits per heavy atom. The average molecular weight is 398 g/mol. The van der Waals surface area contributed by atoms with Crippen LogP contribution in [-0.4, -0.2) is 17.3 Å². The van der Waals surface area contributed by atoms with Crippen molar-refractivity contribution < 1.29 is 18.8 Å². The Labute approximate surface area is 163 Å². The summed E-state index contributed by atoms with van der Waals surface area (Å²) in [7, 11) is 0. The Morgan fingerprint density at radius 3 is 2.75 bits per heavy atom. The molecule has 4 rings (SSSR count). The smallest absolute Gasteiger partial charge is 0.269 e. The summed E-state index contributed by atoms with van der Waals surface area (Å²) in [5.41, 5.74) is 1.84. The maximum absolute atomic E-state index is 13.5. The number of carbonyl (C=O) groups is 1. The number of non-ortho nitro benzene ring substituents is 1. The lowest BCUT2D eigenvalue weighted by atomic mass is 9.91. The molecular weight excluding hydrogens is 383 g/mol. The Kier molecular flexibility index (Phi) is 4.79. The first-order valence-electron chi connectivity index (χ1n) is 8.55. The van der Waals surface area contributed by atoms with E-state index in [9.17, 15) is 19.3 Å². The molecule has 0 fully saturated rings. The maximum atomic E-state index is 13.5. The molecule has 1 atom stereocenters. The highest BCUT2D eigenvalue weighted by Crippen LogP contribution is 2.33. The summed E-state index contributed by atoms with van der Waals surface area (Å²) >= 11 is 1.50. The third-order valence-corrected chi connectivity index (χ3v) is 5.50. The van der Waals surface area contributed by atoms with Gasteiger partial charge in [-0.25, -0.2) is 4.39 Å². The van der Waals surface area contributed by atoms with E-state index in [1.807, 2.05) is 11.4 Å². The van der Waals surface area contributed by atoms with Crippen molar-refractivity contribution in [3.05, 3.63) is 80.3 Å². The predicted octanol–water partition coefficient (Wildman–Crippen LogP) is 4.97. The van der Waals surface area contributed by atoms with Crippen LogP contribution in [0.25, 0.3) is 0 Å². The Morgan fingerprint density at radius 1 is 1.21 bits per heavy atom. The Bertz CT molecular complexity index is 1050. The molecule has 142 valence electrons. The molecule has 8 heteroatoms. The second-order valence-electron chi connectivity index (χ2n) is 6.40. The van der Waals surface area contributed by atoms with Crippen molar-refractivity contribution in [3.63, 3.8) is 0 Å². The molecular formula is C20H15FN2O4S. The highest BCUT2D eigenvalue weighted by molar-refractivity contribution is 7.10. The van der Waals surface area contributed by atoms with Crippen LogP contribution in [0.2, 0.25) is 0 Å². The van der Waals surface area contributed by atoms with E-state index in [-0.39, 0.29) is 23.6 Å². The number of Topliss-reactive ketones (excluding diaryl/α,β-unsaturated/α-hetero) is 1. The molecule has 0 saturated carbocycles. The summed E-state index contributed by atoms with van der Waals surface area (Å²) in [6.07, 6.45) is 0.460. The van der Waals surface area contributed by atoms with Gasteiger partial charge in [-0.15, -0.1) is 11.3 Å². The van der Waals surface area contributed by atoms with E-state index >= 15 is 0 Å². The number of nitro benzene ring substituents is 1. The van der Waals surface area contributed by atoms with Crippen LogP contribution in [0, 0.1) is 21.8 Å². The largest absolute Gasteiger partial charge is 0.492 e. The molecule has 0 aliphatic carbocycles. The SMILES string of the molecule is O=C1c2cc(F)ccc2OCC1Cc1sccc1Nc1ccc([N+](=O)[O-])cc1. The van der Waals surface area contributed by atoms with E-state index in [0.29, 0.717) is 17.9 Å². The molecule has 1 aliphatic heterocycles. The van der Waals surface area contributed by atoms with Crippen LogP contribution in [0.3, 0.4) is 0 Å². The summed E-state index contributed by atoms with van der Waals surface area (Å²) in [5, 5.41) is 15.9. The number of rotatable bonds is 5. The number of ketones is 1. The highest BCUT2D eigenvalue weighted by Gasteiger charge is 2.30. The van der Waals surface area contributed by atoms with Crippen molar-refractivity contribution in [2.45, 2.75) is 6.42 Å². The van der Waals surface area contributed by atoms with Crippen LogP contribution in [0.5, 0.6) is 5.75 Å². The molecule has 6 nitrogen and oxygen atoms in total. The summed E-state index contributed by atoms with van der Waals surface area (Å²) in [5.74, 6) is -0.577. The molecule has 0 bridgehead atoms. The van der Waals surface area contributed by atoms with Gasteiger partial charge in [0.15, 0.2) is 5.78 Å². The average Bonchev–Trinajstić information content (AvgIpc) is 3.11. The molecule has 0 saturated heterocycles. The standard InChI is InChI=1S/C20H15FN2O4S/c21-13-1-6-18-16(10-13)20(24)12(11-27-18)9-19-17(7-8-28-19)22-14-2-4-15(5-3-14)23(25)26/h1-8,10,12,22H,9,11H2. The number of benzene rings is 2. The van der Waals surface area contributed by atoms with Crippen molar-refractivity contribution in [2.24, 2.45) is 5.92 Å². The van der Waals surface area contributed by atoms with Gasteiger partial charge in [-0.1, -0.05) is 0 Å². The van der Waals surface area contributed by atoms with Gasteiger partial charge < -0.3 is 10.1 Å². The zero-order valence-electron chi connectivity index (χ0n) is 14.6. The number of hydrogen-bond acceptors (Lipinski definition) is 6. The summed E-state index contributed by atoms with van der Waals surface area (Å²) in [4.78, 5) is 24.0. The first-order valence-corrected chi connectivity index (χ1v) is 9.43.